The molecule has 1 amide bonds. The van der Waals surface area contributed by atoms with Gasteiger partial charge in [-0.15, -0.1) is 0 Å². The van der Waals surface area contributed by atoms with Crippen molar-refractivity contribution in [3.63, 3.8) is 0 Å². The van der Waals surface area contributed by atoms with Crippen LogP contribution in [0.4, 0.5) is 0 Å². The lowest BCUT2D eigenvalue weighted by Gasteiger charge is -2.46. The first-order chi connectivity index (χ1) is 10.6. The van der Waals surface area contributed by atoms with Gasteiger partial charge in [-0.25, -0.2) is 0 Å². The van der Waals surface area contributed by atoms with Crippen LogP contribution in [0.3, 0.4) is 0 Å². The number of hydrogen-bond donors (Lipinski definition) is 2. The molecule has 2 fully saturated rings. The maximum absolute atomic E-state index is 12.2. The number of carbonyl (C=O) groups is 1. The molecule has 2 N–H and O–H groups in total. The minimum Gasteiger partial charge on any atom is -0.508 e. The van der Waals surface area contributed by atoms with Gasteiger partial charge in [0.15, 0.2) is 0 Å². The van der Waals surface area contributed by atoms with Gasteiger partial charge in [-0.3, -0.25) is 4.79 Å². The molecule has 0 saturated carbocycles. The zero-order valence-electron chi connectivity index (χ0n) is 13.0. The summed E-state index contributed by atoms with van der Waals surface area (Å²) in [4.78, 5) is 14.0. The van der Waals surface area contributed by atoms with Crippen molar-refractivity contribution >= 4 is 5.91 Å². The van der Waals surface area contributed by atoms with Crippen molar-refractivity contribution < 1.29 is 14.6 Å². The molecule has 0 bridgehead atoms. The highest BCUT2D eigenvalue weighted by atomic mass is 16.5. The normalized spacial score (nSPS) is 27.1. The molecule has 1 atom stereocenters. The lowest BCUT2D eigenvalue weighted by atomic mass is 9.81. The fraction of sp³-hybridized carbons (Fsp3) is 0.588. The summed E-state index contributed by atoms with van der Waals surface area (Å²) in [5.41, 5.74) is 0.676. The third-order valence-corrected chi connectivity index (χ3v) is 4.87. The number of amides is 1. The Morgan fingerprint density at radius 1 is 1.41 bits per heavy atom. The van der Waals surface area contributed by atoms with Gasteiger partial charge in [0, 0.05) is 6.54 Å². The fourth-order valence-electron chi connectivity index (χ4n) is 3.53. The van der Waals surface area contributed by atoms with Crippen molar-refractivity contribution in [3.8, 4) is 5.75 Å². The molecule has 5 nitrogen and oxygen atoms in total. The Bertz CT molecular complexity index is 542. The van der Waals surface area contributed by atoms with Crippen LogP contribution in [-0.4, -0.2) is 47.8 Å². The van der Waals surface area contributed by atoms with Crippen LogP contribution < -0.4 is 5.32 Å². The fourth-order valence-corrected chi connectivity index (χ4v) is 3.53. The maximum atomic E-state index is 12.2. The quantitative estimate of drug-likeness (QED) is 0.888. The Kier molecular flexibility index (Phi) is 4.36. The summed E-state index contributed by atoms with van der Waals surface area (Å²) in [6, 6.07) is 7.10. The van der Waals surface area contributed by atoms with E-state index in [0.29, 0.717) is 19.0 Å². The van der Waals surface area contributed by atoms with Crippen molar-refractivity contribution in [3.05, 3.63) is 29.8 Å². The van der Waals surface area contributed by atoms with Crippen LogP contribution in [-0.2, 0) is 16.1 Å². The number of benzene rings is 1. The molecule has 2 aliphatic heterocycles. The molecule has 2 aliphatic rings. The maximum Gasteiger partial charge on any atom is 0.248 e. The number of piperidine rings is 1. The number of ether oxygens (including phenoxy) is 1. The van der Waals surface area contributed by atoms with Crippen LogP contribution in [0.15, 0.2) is 24.3 Å². The van der Waals surface area contributed by atoms with E-state index in [1.54, 1.807) is 12.1 Å². The van der Waals surface area contributed by atoms with Gasteiger partial charge in [-0.1, -0.05) is 12.1 Å². The predicted molar refractivity (Wildman–Crippen MR) is 83.5 cm³/mol. The molecule has 1 unspecified atom stereocenters. The standard InChI is InChI=1S/C17H24N2O3/c1-17(14-5-7-18-8-6-14)12-19(16(21)11-22-17)10-13-3-2-4-15(20)9-13/h2-4,9,14,18,20H,5-8,10-12H2,1H3. The smallest absolute Gasteiger partial charge is 0.248 e. The molecule has 1 aromatic rings. The lowest BCUT2D eigenvalue weighted by molar-refractivity contribution is -0.172. The Morgan fingerprint density at radius 2 is 2.18 bits per heavy atom. The van der Waals surface area contributed by atoms with Crippen molar-refractivity contribution in [2.75, 3.05) is 26.2 Å². The van der Waals surface area contributed by atoms with Gasteiger partial charge >= 0.3 is 0 Å². The van der Waals surface area contributed by atoms with Gasteiger partial charge in [0.2, 0.25) is 5.91 Å². The van der Waals surface area contributed by atoms with Gasteiger partial charge in [-0.05, 0) is 56.5 Å². The zero-order chi connectivity index (χ0) is 15.6. The van der Waals surface area contributed by atoms with Gasteiger partial charge in [0.25, 0.3) is 0 Å². The third-order valence-electron chi connectivity index (χ3n) is 4.87. The Labute approximate surface area is 131 Å². The number of phenolic OH excluding ortho intramolecular Hbond substituents is 1. The van der Waals surface area contributed by atoms with Crippen LogP contribution in [0.1, 0.15) is 25.3 Å². The molecule has 2 heterocycles. The minimum absolute atomic E-state index is 0.0229. The highest BCUT2D eigenvalue weighted by molar-refractivity contribution is 5.78. The largest absolute Gasteiger partial charge is 0.508 e. The zero-order valence-corrected chi connectivity index (χ0v) is 13.0. The Balaban J connectivity index is 1.71. The summed E-state index contributed by atoms with van der Waals surface area (Å²) in [6.07, 6.45) is 2.18. The lowest BCUT2D eigenvalue weighted by Crippen LogP contribution is -2.57. The second kappa shape index (κ2) is 6.26. The highest BCUT2D eigenvalue weighted by Gasteiger charge is 2.42. The number of phenols is 1. The number of rotatable bonds is 3. The summed E-state index contributed by atoms with van der Waals surface area (Å²) < 4.78 is 5.94. The van der Waals surface area contributed by atoms with Crippen molar-refractivity contribution in [2.24, 2.45) is 5.92 Å². The molecular weight excluding hydrogens is 280 g/mol. The summed E-state index contributed by atoms with van der Waals surface area (Å²) in [5.74, 6) is 0.739. The number of morpholine rings is 1. The molecule has 3 rings (SSSR count). The monoisotopic (exact) mass is 304 g/mol. The van der Waals surface area contributed by atoms with E-state index in [1.165, 1.54) is 0 Å². The predicted octanol–water partition coefficient (Wildman–Crippen LogP) is 1.51. The minimum atomic E-state index is -0.271. The number of aromatic hydroxyl groups is 1. The van der Waals surface area contributed by atoms with Gasteiger partial charge < -0.3 is 20.1 Å². The van der Waals surface area contributed by atoms with E-state index in [-0.39, 0.29) is 23.9 Å². The first-order valence-corrected chi connectivity index (χ1v) is 7.97. The van der Waals surface area contributed by atoms with E-state index in [2.05, 4.69) is 12.2 Å². The molecule has 0 aromatic heterocycles. The van der Waals surface area contributed by atoms with Crippen LogP contribution in [0.25, 0.3) is 0 Å². The molecule has 0 radical (unpaired) electrons. The van der Waals surface area contributed by atoms with E-state index in [1.807, 2.05) is 17.0 Å². The average molecular weight is 304 g/mol. The summed E-state index contributed by atoms with van der Waals surface area (Å²) in [7, 11) is 0. The van der Waals surface area contributed by atoms with Crippen molar-refractivity contribution in [1.82, 2.24) is 10.2 Å². The first kappa shape index (κ1) is 15.3. The number of nitrogens with one attached hydrogen (secondary N) is 1. The summed E-state index contributed by atoms with van der Waals surface area (Å²) >= 11 is 0. The number of nitrogens with zero attached hydrogens (tertiary/aromatic N) is 1. The Morgan fingerprint density at radius 3 is 2.91 bits per heavy atom. The molecule has 0 spiro atoms. The summed E-state index contributed by atoms with van der Waals surface area (Å²) in [5, 5.41) is 13.0. The second-order valence-electron chi connectivity index (χ2n) is 6.55. The van der Waals surface area contributed by atoms with E-state index < -0.39 is 0 Å². The topological polar surface area (TPSA) is 61.8 Å². The van der Waals surface area contributed by atoms with Crippen LogP contribution in [0.2, 0.25) is 0 Å². The highest BCUT2D eigenvalue weighted by Crippen LogP contribution is 2.33. The molecular formula is C17H24N2O3. The third kappa shape index (κ3) is 3.25. The van der Waals surface area contributed by atoms with Gasteiger partial charge in [0.05, 0.1) is 12.1 Å². The molecule has 0 aliphatic carbocycles. The molecule has 22 heavy (non-hydrogen) atoms. The average Bonchev–Trinajstić information content (AvgIpc) is 2.52. The van der Waals surface area contributed by atoms with Crippen LogP contribution in [0, 0.1) is 5.92 Å². The summed E-state index contributed by atoms with van der Waals surface area (Å²) in [6.45, 7) is 5.46. The van der Waals surface area contributed by atoms with Gasteiger partial charge in [-0.2, -0.15) is 0 Å². The first-order valence-electron chi connectivity index (χ1n) is 7.97. The van der Waals surface area contributed by atoms with E-state index in [4.69, 9.17) is 4.74 Å². The van der Waals surface area contributed by atoms with E-state index >= 15 is 0 Å². The van der Waals surface area contributed by atoms with Crippen molar-refractivity contribution in [1.29, 1.82) is 0 Å². The molecule has 120 valence electrons. The van der Waals surface area contributed by atoms with E-state index in [9.17, 15) is 9.90 Å². The van der Waals surface area contributed by atoms with Crippen molar-refractivity contribution in [2.45, 2.75) is 31.9 Å². The number of hydrogen-bond acceptors (Lipinski definition) is 4. The van der Waals surface area contributed by atoms with E-state index in [0.717, 1.165) is 31.5 Å². The SMILES string of the molecule is CC1(C2CCNCC2)CN(Cc2cccc(O)c2)C(=O)CO1. The molecule has 1 aromatic carbocycles. The number of carbonyl (C=O) groups excluding carboxylic acids is 1. The van der Waals surface area contributed by atoms with Gasteiger partial charge in [0.1, 0.15) is 12.4 Å². The second-order valence-corrected chi connectivity index (χ2v) is 6.55. The molecule has 5 heteroatoms. The Hall–Kier alpha value is -1.59. The molecule has 2 saturated heterocycles. The van der Waals surface area contributed by atoms with Crippen LogP contribution in [0.5, 0.6) is 5.75 Å². The van der Waals surface area contributed by atoms with Crippen LogP contribution >= 0.6 is 0 Å².